The minimum Gasteiger partial charge on any atom is -0.252 e. The van der Waals surface area contributed by atoms with Crippen molar-refractivity contribution in [3.05, 3.63) is 0 Å². The van der Waals surface area contributed by atoms with Gasteiger partial charge in [0, 0.05) is 0 Å². The zero-order chi connectivity index (χ0) is 12.8. The first-order chi connectivity index (χ1) is 7.18. The smallest absolute Gasteiger partial charge is 0.124 e. The van der Waals surface area contributed by atoms with Gasteiger partial charge in [0.05, 0.1) is 5.60 Å². The van der Waals surface area contributed by atoms with Gasteiger partial charge in [-0.05, 0) is 46.5 Å². The van der Waals surface area contributed by atoms with Gasteiger partial charge < -0.3 is 0 Å². The predicted molar refractivity (Wildman–Crippen MR) is 63.0 cm³/mol. The number of rotatable bonds is 8. The van der Waals surface area contributed by atoms with Crippen LogP contribution in [0.3, 0.4) is 0 Å². The van der Waals surface area contributed by atoms with E-state index in [0.717, 1.165) is 12.8 Å². The van der Waals surface area contributed by atoms with Crippen LogP contribution in [0.15, 0.2) is 0 Å². The minimum atomic E-state index is -0.649. The van der Waals surface area contributed by atoms with Gasteiger partial charge in [0.2, 0.25) is 0 Å². The first-order valence-electron chi connectivity index (χ1n) is 5.82. The van der Waals surface area contributed by atoms with Gasteiger partial charge in [-0.2, -0.15) is 0 Å². The Morgan fingerprint density at radius 3 is 1.94 bits per heavy atom. The van der Waals surface area contributed by atoms with Gasteiger partial charge in [0.1, 0.15) is 12.2 Å². The van der Waals surface area contributed by atoms with Crippen LogP contribution in [0.5, 0.6) is 0 Å². The van der Waals surface area contributed by atoms with E-state index in [4.69, 9.17) is 15.0 Å². The summed E-state index contributed by atoms with van der Waals surface area (Å²) in [5.74, 6) is 0.650. The molecule has 0 saturated heterocycles. The molecule has 1 N–H and O–H groups in total. The van der Waals surface area contributed by atoms with E-state index in [0.29, 0.717) is 5.92 Å². The molecular weight excluding hydrogens is 208 g/mol. The van der Waals surface area contributed by atoms with E-state index in [1.807, 2.05) is 13.8 Å². The highest BCUT2D eigenvalue weighted by molar-refractivity contribution is 4.69. The lowest BCUT2D eigenvalue weighted by atomic mass is 9.97. The molecule has 0 aliphatic carbocycles. The first-order valence-corrected chi connectivity index (χ1v) is 5.82. The van der Waals surface area contributed by atoms with Gasteiger partial charge in [0.25, 0.3) is 0 Å². The van der Waals surface area contributed by atoms with Crippen LogP contribution in [0.2, 0.25) is 0 Å². The Hall–Kier alpha value is -0.160. The van der Waals surface area contributed by atoms with E-state index < -0.39 is 5.60 Å². The normalized spacial score (nSPS) is 13.5. The molecule has 0 amide bonds. The fourth-order valence-corrected chi connectivity index (χ4v) is 1.08. The molecule has 0 aliphatic rings. The van der Waals surface area contributed by atoms with Gasteiger partial charge in [-0.1, -0.05) is 13.8 Å². The van der Waals surface area contributed by atoms with Crippen LogP contribution >= 0.6 is 0 Å². The Labute approximate surface area is 98.7 Å². The number of hydrogen-bond donors (Lipinski definition) is 1. The lowest BCUT2D eigenvalue weighted by Crippen LogP contribution is -2.35. The van der Waals surface area contributed by atoms with Gasteiger partial charge in [0.15, 0.2) is 0 Å². The summed E-state index contributed by atoms with van der Waals surface area (Å²) in [6.45, 7) is 12.0. The van der Waals surface area contributed by atoms with Crippen molar-refractivity contribution in [3.63, 3.8) is 0 Å². The third-order valence-electron chi connectivity index (χ3n) is 2.23. The molecule has 4 heteroatoms. The predicted octanol–water partition coefficient (Wildman–Crippen LogP) is 3.42. The molecule has 0 aliphatic heterocycles. The summed E-state index contributed by atoms with van der Waals surface area (Å²) >= 11 is 0. The molecule has 0 atom stereocenters. The molecule has 0 saturated carbocycles. The molecule has 0 radical (unpaired) electrons. The van der Waals surface area contributed by atoms with Crippen molar-refractivity contribution in [2.45, 2.75) is 65.6 Å². The van der Waals surface area contributed by atoms with Gasteiger partial charge >= 0.3 is 0 Å². The molecule has 0 aromatic heterocycles. The molecular formula is C12H26O4. The molecule has 0 fully saturated rings. The third-order valence-corrected chi connectivity index (χ3v) is 2.23. The maximum Gasteiger partial charge on any atom is 0.124 e. The molecule has 98 valence electrons. The summed E-state index contributed by atoms with van der Waals surface area (Å²) in [6, 6.07) is 0. The topological polar surface area (TPSA) is 47.9 Å². The Bertz CT molecular complexity index is 187. The zero-order valence-electron chi connectivity index (χ0n) is 11.4. The Balaban J connectivity index is 3.97. The molecule has 0 bridgehead atoms. The standard InChI is InChI=1S/C12H26O4/c1-10(2)7-8-11(3,4)15-16-12(5,6)9-14-13/h10,13H,7-9H2,1-6H3. The zero-order valence-corrected chi connectivity index (χ0v) is 11.4. The van der Waals surface area contributed by atoms with E-state index in [2.05, 4.69) is 18.7 Å². The summed E-state index contributed by atoms with van der Waals surface area (Å²) in [4.78, 5) is 14.8. The van der Waals surface area contributed by atoms with Crippen molar-refractivity contribution in [2.75, 3.05) is 6.61 Å². The maximum absolute atomic E-state index is 8.37. The van der Waals surface area contributed by atoms with Crippen LogP contribution in [0, 0.1) is 5.92 Å². The number of hydrogen-bond acceptors (Lipinski definition) is 4. The van der Waals surface area contributed by atoms with Crippen LogP contribution in [0.1, 0.15) is 54.4 Å². The fourth-order valence-electron chi connectivity index (χ4n) is 1.08. The Morgan fingerprint density at radius 1 is 1.00 bits per heavy atom. The van der Waals surface area contributed by atoms with E-state index in [1.54, 1.807) is 13.8 Å². The summed E-state index contributed by atoms with van der Waals surface area (Å²) < 4.78 is 0. The highest BCUT2D eigenvalue weighted by Gasteiger charge is 2.27. The third kappa shape index (κ3) is 8.05. The first kappa shape index (κ1) is 15.8. The van der Waals surface area contributed by atoms with Crippen LogP contribution in [-0.4, -0.2) is 23.1 Å². The molecule has 0 unspecified atom stereocenters. The van der Waals surface area contributed by atoms with E-state index >= 15 is 0 Å². The molecule has 0 aromatic carbocycles. The lowest BCUT2D eigenvalue weighted by Gasteiger charge is -2.30. The summed E-state index contributed by atoms with van der Waals surface area (Å²) in [6.07, 6.45) is 2.02. The van der Waals surface area contributed by atoms with Crippen molar-refractivity contribution in [2.24, 2.45) is 5.92 Å². The van der Waals surface area contributed by atoms with Crippen LogP contribution in [0.4, 0.5) is 0 Å². The van der Waals surface area contributed by atoms with Crippen molar-refractivity contribution in [1.82, 2.24) is 0 Å². The monoisotopic (exact) mass is 234 g/mol. The van der Waals surface area contributed by atoms with Crippen molar-refractivity contribution >= 4 is 0 Å². The molecule has 0 aromatic rings. The molecule has 16 heavy (non-hydrogen) atoms. The lowest BCUT2D eigenvalue weighted by molar-refractivity contribution is -0.420. The van der Waals surface area contributed by atoms with E-state index in [1.165, 1.54) is 0 Å². The second-order valence-electron chi connectivity index (χ2n) is 5.89. The minimum absolute atomic E-state index is 0.0766. The average Bonchev–Trinajstić information content (AvgIpc) is 2.13. The average molecular weight is 234 g/mol. The molecule has 4 nitrogen and oxygen atoms in total. The molecule has 0 rings (SSSR count). The Morgan fingerprint density at radius 2 is 1.50 bits per heavy atom. The van der Waals surface area contributed by atoms with Crippen molar-refractivity contribution in [1.29, 1.82) is 0 Å². The highest BCUT2D eigenvalue weighted by Crippen LogP contribution is 2.23. The summed E-state index contributed by atoms with van der Waals surface area (Å²) in [7, 11) is 0. The fraction of sp³-hybridized carbons (Fsp3) is 1.00. The molecule has 0 heterocycles. The van der Waals surface area contributed by atoms with Gasteiger partial charge in [-0.15, -0.1) is 0 Å². The highest BCUT2D eigenvalue weighted by atomic mass is 17.2. The second kappa shape index (κ2) is 6.55. The SMILES string of the molecule is CC(C)CCC(C)(C)OOC(C)(C)COO. The second-order valence-corrected chi connectivity index (χ2v) is 5.89. The summed E-state index contributed by atoms with van der Waals surface area (Å²) in [5, 5.41) is 8.37. The van der Waals surface area contributed by atoms with Crippen LogP contribution in [-0.2, 0) is 14.7 Å². The largest absolute Gasteiger partial charge is 0.252 e. The summed E-state index contributed by atoms with van der Waals surface area (Å²) in [5.41, 5.74) is -0.971. The maximum atomic E-state index is 8.37. The van der Waals surface area contributed by atoms with Crippen LogP contribution < -0.4 is 0 Å². The van der Waals surface area contributed by atoms with Gasteiger partial charge in [-0.3, -0.25) is 5.26 Å². The van der Waals surface area contributed by atoms with Crippen LogP contribution in [0.25, 0.3) is 0 Å². The molecule has 0 spiro atoms. The van der Waals surface area contributed by atoms with E-state index in [9.17, 15) is 0 Å². The van der Waals surface area contributed by atoms with Gasteiger partial charge in [-0.25, -0.2) is 14.7 Å². The van der Waals surface area contributed by atoms with Crippen molar-refractivity contribution < 1.29 is 19.9 Å². The quantitative estimate of drug-likeness (QED) is 0.516. The van der Waals surface area contributed by atoms with E-state index in [-0.39, 0.29) is 12.2 Å². The van der Waals surface area contributed by atoms with Crippen molar-refractivity contribution in [3.8, 4) is 0 Å². The Kier molecular flexibility index (Phi) is 6.48.